The average molecular weight is 377 g/mol. The first-order chi connectivity index (χ1) is 13.7. The fraction of sp³-hybridized carbons (Fsp3) is 0.238. The zero-order valence-corrected chi connectivity index (χ0v) is 15.5. The molecule has 0 unspecified atom stereocenters. The first-order valence-corrected chi connectivity index (χ1v) is 9.00. The summed E-state index contributed by atoms with van der Waals surface area (Å²) in [6, 6.07) is 11.4. The van der Waals surface area contributed by atoms with E-state index in [0.29, 0.717) is 36.0 Å². The number of benzene rings is 2. The molecule has 0 saturated heterocycles. The van der Waals surface area contributed by atoms with E-state index in [0.717, 1.165) is 27.6 Å². The molecule has 1 aliphatic heterocycles. The molecule has 28 heavy (non-hydrogen) atoms. The van der Waals surface area contributed by atoms with Crippen molar-refractivity contribution in [3.63, 3.8) is 0 Å². The van der Waals surface area contributed by atoms with Crippen molar-refractivity contribution < 1.29 is 19.0 Å². The Hall–Kier alpha value is -3.32. The van der Waals surface area contributed by atoms with Crippen LogP contribution < -0.4 is 14.4 Å². The van der Waals surface area contributed by atoms with Crippen LogP contribution in [-0.2, 0) is 6.54 Å². The highest BCUT2D eigenvalue weighted by molar-refractivity contribution is 6.05. The summed E-state index contributed by atoms with van der Waals surface area (Å²) < 4.78 is 17.0. The summed E-state index contributed by atoms with van der Waals surface area (Å²) in [6.07, 6.45) is 0.785. The quantitative estimate of drug-likeness (QED) is 0.586. The van der Waals surface area contributed by atoms with E-state index in [1.54, 1.807) is 14.2 Å². The molecule has 5 rings (SSSR count). The molecule has 0 amide bonds. The number of fused-ring (bicyclic) bond motifs is 4. The highest BCUT2D eigenvalue weighted by Crippen LogP contribution is 2.42. The summed E-state index contributed by atoms with van der Waals surface area (Å²) in [5.41, 5.74) is 3.77. The Kier molecular flexibility index (Phi) is 3.84. The fourth-order valence-electron chi connectivity index (χ4n) is 3.97. The van der Waals surface area contributed by atoms with Gasteiger partial charge in [-0.2, -0.15) is 0 Å². The van der Waals surface area contributed by atoms with Crippen molar-refractivity contribution in [1.82, 2.24) is 9.97 Å². The van der Waals surface area contributed by atoms with E-state index < -0.39 is 6.10 Å². The van der Waals surface area contributed by atoms with Crippen molar-refractivity contribution >= 4 is 27.9 Å². The van der Waals surface area contributed by atoms with Gasteiger partial charge in [0, 0.05) is 23.1 Å². The summed E-state index contributed by atoms with van der Waals surface area (Å²) in [5.74, 6) is 2.00. The lowest BCUT2D eigenvalue weighted by atomic mass is 9.95. The van der Waals surface area contributed by atoms with Gasteiger partial charge in [-0.05, 0) is 24.3 Å². The molecule has 0 spiro atoms. The van der Waals surface area contributed by atoms with Crippen molar-refractivity contribution in [2.45, 2.75) is 12.6 Å². The van der Waals surface area contributed by atoms with Crippen LogP contribution in [0.4, 0.5) is 5.82 Å². The van der Waals surface area contributed by atoms with Gasteiger partial charge in [0.1, 0.15) is 35.0 Å². The molecule has 7 heteroatoms. The third-order valence-electron chi connectivity index (χ3n) is 5.23. The Morgan fingerprint density at radius 2 is 1.86 bits per heavy atom. The number of furan rings is 1. The monoisotopic (exact) mass is 377 g/mol. The van der Waals surface area contributed by atoms with E-state index in [4.69, 9.17) is 13.9 Å². The third kappa shape index (κ3) is 2.40. The Morgan fingerprint density at radius 1 is 1.07 bits per heavy atom. The Labute approximate surface area is 161 Å². The van der Waals surface area contributed by atoms with Gasteiger partial charge >= 0.3 is 0 Å². The number of aliphatic hydroxyl groups is 1. The lowest BCUT2D eigenvalue weighted by Gasteiger charge is -2.34. The van der Waals surface area contributed by atoms with Crippen LogP contribution in [0.15, 0.2) is 47.1 Å². The van der Waals surface area contributed by atoms with Gasteiger partial charge in [-0.15, -0.1) is 0 Å². The fourth-order valence-corrected chi connectivity index (χ4v) is 3.97. The van der Waals surface area contributed by atoms with Crippen LogP contribution in [0.2, 0.25) is 0 Å². The lowest BCUT2D eigenvalue weighted by Crippen LogP contribution is -2.34. The molecule has 0 fully saturated rings. The number of anilines is 1. The third-order valence-corrected chi connectivity index (χ3v) is 5.23. The maximum absolute atomic E-state index is 10.9. The molecule has 1 N–H and O–H groups in total. The summed E-state index contributed by atoms with van der Waals surface area (Å²) in [7, 11) is 3.22. The highest BCUT2D eigenvalue weighted by atomic mass is 16.5. The van der Waals surface area contributed by atoms with Crippen molar-refractivity contribution in [2.24, 2.45) is 0 Å². The summed E-state index contributed by atoms with van der Waals surface area (Å²) >= 11 is 0. The maximum atomic E-state index is 10.9. The molecule has 1 aliphatic rings. The number of hydrogen-bond acceptors (Lipinski definition) is 7. The van der Waals surface area contributed by atoms with Crippen molar-refractivity contribution in [3.8, 4) is 11.5 Å². The summed E-state index contributed by atoms with van der Waals surface area (Å²) in [4.78, 5) is 10.9. The van der Waals surface area contributed by atoms with Crippen LogP contribution in [0.3, 0.4) is 0 Å². The minimum atomic E-state index is -0.747. The maximum Gasteiger partial charge on any atom is 0.196 e. The van der Waals surface area contributed by atoms with Gasteiger partial charge in [0.05, 0.1) is 20.8 Å². The second kappa shape index (κ2) is 6.38. The van der Waals surface area contributed by atoms with E-state index in [1.807, 2.05) is 41.3 Å². The summed E-state index contributed by atoms with van der Waals surface area (Å²) in [5, 5.41) is 11.8. The molecule has 2 aromatic carbocycles. The molecule has 0 radical (unpaired) electrons. The molecule has 2 aromatic heterocycles. The molecule has 1 atom stereocenters. The van der Waals surface area contributed by atoms with Crippen LogP contribution in [0.5, 0.6) is 11.5 Å². The number of aliphatic hydroxyl groups excluding tert-OH is 1. The van der Waals surface area contributed by atoms with Gasteiger partial charge in [-0.1, -0.05) is 12.1 Å². The molecule has 0 aliphatic carbocycles. The number of nitrogens with zero attached hydrogens (tertiary/aromatic N) is 3. The van der Waals surface area contributed by atoms with Gasteiger partial charge < -0.3 is 23.9 Å². The second-order valence-electron chi connectivity index (χ2n) is 6.73. The van der Waals surface area contributed by atoms with E-state index in [1.165, 1.54) is 6.33 Å². The average Bonchev–Trinajstić information content (AvgIpc) is 3.11. The number of aromatic nitrogens is 2. The predicted molar refractivity (Wildman–Crippen MR) is 105 cm³/mol. The Balaban J connectivity index is 1.66. The molecule has 7 nitrogen and oxygen atoms in total. The molecular weight excluding hydrogens is 358 g/mol. The van der Waals surface area contributed by atoms with Crippen molar-refractivity contribution in [2.75, 3.05) is 25.7 Å². The number of β-amino-alcohol motifs (C(OH)–C–C–N with tert-alkyl or cyclic N) is 1. The van der Waals surface area contributed by atoms with Crippen LogP contribution in [0, 0.1) is 0 Å². The zero-order chi connectivity index (χ0) is 19.3. The van der Waals surface area contributed by atoms with Gasteiger partial charge in [0.15, 0.2) is 11.4 Å². The molecule has 0 saturated carbocycles. The normalized spacial score (nSPS) is 16.4. The van der Waals surface area contributed by atoms with Crippen molar-refractivity contribution in [3.05, 3.63) is 53.9 Å². The van der Waals surface area contributed by atoms with Gasteiger partial charge in [-0.3, -0.25) is 0 Å². The molecule has 0 bridgehead atoms. The van der Waals surface area contributed by atoms with Crippen LogP contribution in [0.1, 0.15) is 17.2 Å². The second-order valence-corrected chi connectivity index (χ2v) is 6.73. The van der Waals surface area contributed by atoms with E-state index in [9.17, 15) is 5.11 Å². The number of para-hydroxylation sites is 1. The first kappa shape index (κ1) is 16.8. The molecule has 3 heterocycles. The first-order valence-electron chi connectivity index (χ1n) is 9.00. The van der Waals surface area contributed by atoms with Crippen LogP contribution in [0.25, 0.3) is 22.1 Å². The topological polar surface area (TPSA) is 80.9 Å². The number of methoxy groups -OCH3 is 2. The van der Waals surface area contributed by atoms with E-state index in [-0.39, 0.29) is 0 Å². The highest BCUT2D eigenvalue weighted by Gasteiger charge is 2.32. The minimum Gasteiger partial charge on any atom is -0.496 e. The Morgan fingerprint density at radius 3 is 2.68 bits per heavy atom. The largest absolute Gasteiger partial charge is 0.496 e. The smallest absolute Gasteiger partial charge is 0.196 e. The van der Waals surface area contributed by atoms with E-state index >= 15 is 0 Å². The van der Waals surface area contributed by atoms with Gasteiger partial charge in [0.2, 0.25) is 0 Å². The Bertz CT molecular complexity index is 1190. The lowest BCUT2D eigenvalue weighted by molar-refractivity contribution is 0.169. The summed E-state index contributed by atoms with van der Waals surface area (Å²) in [6.45, 7) is 0.871. The van der Waals surface area contributed by atoms with Gasteiger partial charge in [-0.25, -0.2) is 9.97 Å². The van der Waals surface area contributed by atoms with Crippen LogP contribution >= 0.6 is 0 Å². The standard InChI is InChI=1S/C21H19N3O4/c1-26-15-7-8-17(27-2)18-13(15)9-24(10-14(18)25)21-20-19(22-11-23-21)12-5-3-4-6-16(12)28-20/h3-8,11,14,25H,9-10H2,1-2H3/t14-/m1/s1. The van der Waals surface area contributed by atoms with Crippen molar-refractivity contribution in [1.29, 1.82) is 0 Å². The number of hydrogen-bond donors (Lipinski definition) is 1. The van der Waals surface area contributed by atoms with Gasteiger partial charge in [0.25, 0.3) is 0 Å². The number of rotatable bonds is 3. The van der Waals surface area contributed by atoms with E-state index in [2.05, 4.69) is 9.97 Å². The molecular formula is C21H19N3O4. The predicted octanol–water partition coefficient (Wildman–Crippen LogP) is 3.45. The zero-order valence-electron chi connectivity index (χ0n) is 15.5. The molecule has 4 aromatic rings. The van der Waals surface area contributed by atoms with Crippen LogP contribution in [-0.4, -0.2) is 35.8 Å². The minimum absolute atomic E-state index is 0.361. The number of ether oxygens (including phenoxy) is 2. The SMILES string of the molecule is COc1ccc(OC)c2c1CN(c1ncnc3c1oc1ccccc13)C[C@H]2O. The molecule has 142 valence electrons.